The lowest BCUT2D eigenvalue weighted by Crippen LogP contribution is -2.29. The molecule has 0 unspecified atom stereocenters. The molecule has 1 N–H and O–H groups in total. The summed E-state index contributed by atoms with van der Waals surface area (Å²) in [5.41, 5.74) is 3.09. The van der Waals surface area contributed by atoms with E-state index in [9.17, 15) is 9.59 Å². The van der Waals surface area contributed by atoms with Gasteiger partial charge in [0.25, 0.3) is 0 Å². The van der Waals surface area contributed by atoms with Crippen LogP contribution >= 0.6 is 24.0 Å². The summed E-state index contributed by atoms with van der Waals surface area (Å²) in [5, 5.41) is 2.94. The molecule has 6 heteroatoms. The number of nitrogens with one attached hydrogen (secondary N) is 1. The maximum Gasteiger partial charge on any atom is 0.238 e. The number of nitrogens with zero attached hydrogens (tertiary/aromatic N) is 1. The van der Waals surface area contributed by atoms with Gasteiger partial charge in [0.2, 0.25) is 11.8 Å². The minimum Gasteiger partial charge on any atom is -0.326 e. The standard InChI is InChI=1S/C21H22N2O2S2/c24-19(9-5-2-6-14-23-20(25)15-27-21(23)26)22-18-12-10-17(11-13-18)16-7-3-1-4-8-16/h1,3-4,7-8,10-13H,2,5-6,9,14-15H2,(H,22,24). The highest BCUT2D eigenvalue weighted by molar-refractivity contribution is 8.23. The number of amides is 2. The molecule has 3 rings (SSSR count). The number of thioether (sulfide) groups is 1. The Hall–Kier alpha value is -2.18. The number of hydrogen-bond acceptors (Lipinski definition) is 4. The molecule has 2 amide bonds. The molecular formula is C21H22N2O2S2. The fraction of sp³-hybridized carbons (Fsp3) is 0.286. The van der Waals surface area contributed by atoms with Crippen molar-refractivity contribution in [3.05, 3.63) is 54.6 Å². The predicted octanol–water partition coefficient (Wildman–Crippen LogP) is 4.71. The van der Waals surface area contributed by atoms with E-state index in [1.165, 1.54) is 11.8 Å². The summed E-state index contributed by atoms with van der Waals surface area (Å²) in [7, 11) is 0. The highest BCUT2D eigenvalue weighted by Crippen LogP contribution is 2.22. The van der Waals surface area contributed by atoms with E-state index in [1.807, 2.05) is 42.5 Å². The van der Waals surface area contributed by atoms with Gasteiger partial charge in [-0.05, 0) is 36.1 Å². The van der Waals surface area contributed by atoms with Crippen molar-refractivity contribution in [1.29, 1.82) is 0 Å². The van der Waals surface area contributed by atoms with Crippen molar-refractivity contribution in [1.82, 2.24) is 4.90 Å². The fourth-order valence-electron chi connectivity index (χ4n) is 2.93. The average Bonchev–Trinajstić information content (AvgIpc) is 3.01. The van der Waals surface area contributed by atoms with Crippen LogP contribution in [-0.2, 0) is 9.59 Å². The highest BCUT2D eigenvalue weighted by Gasteiger charge is 2.25. The topological polar surface area (TPSA) is 49.4 Å². The lowest BCUT2D eigenvalue weighted by Gasteiger charge is -2.14. The molecule has 0 atom stereocenters. The van der Waals surface area contributed by atoms with Gasteiger partial charge in [0.05, 0.1) is 5.75 Å². The van der Waals surface area contributed by atoms with Gasteiger partial charge in [-0.2, -0.15) is 0 Å². The van der Waals surface area contributed by atoms with Crippen LogP contribution in [0, 0.1) is 0 Å². The van der Waals surface area contributed by atoms with Gasteiger partial charge in [0, 0.05) is 18.7 Å². The first-order valence-corrected chi connectivity index (χ1v) is 10.5. The second-order valence-corrected chi connectivity index (χ2v) is 8.01. The van der Waals surface area contributed by atoms with E-state index in [0.717, 1.165) is 36.1 Å². The first-order valence-electron chi connectivity index (χ1n) is 9.06. The van der Waals surface area contributed by atoms with Crippen LogP contribution in [0.25, 0.3) is 11.1 Å². The molecule has 140 valence electrons. The summed E-state index contributed by atoms with van der Waals surface area (Å²) in [6, 6.07) is 18.0. The zero-order chi connectivity index (χ0) is 19.1. The molecule has 1 aliphatic rings. The molecule has 0 spiro atoms. The Morgan fingerprint density at radius 2 is 1.70 bits per heavy atom. The molecule has 1 heterocycles. The number of unbranched alkanes of at least 4 members (excludes halogenated alkanes) is 2. The third kappa shape index (κ3) is 5.65. The van der Waals surface area contributed by atoms with E-state index in [4.69, 9.17) is 12.2 Å². The molecule has 0 bridgehead atoms. The maximum atomic E-state index is 12.1. The van der Waals surface area contributed by atoms with Gasteiger partial charge in [-0.1, -0.05) is 72.9 Å². The largest absolute Gasteiger partial charge is 0.326 e. The maximum absolute atomic E-state index is 12.1. The van der Waals surface area contributed by atoms with E-state index < -0.39 is 0 Å². The van der Waals surface area contributed by atoms with Crippen molar-refractivity contribution in [3.8, 4) is 11.1 Å². The summed E-state index contributed by atoms with van der Waals surface area (Å²) in [5.74, 6) is 0.581. The van der Waals surface area contributed by atoms with E-state index in [1.54, 1.807) is 4.90 Å². The minimum absolute atomic E-state index is 0.0192. The molecule has 0 aliphatic carbocycles. The number of anilines is 1. The van der Waals surface area contributed by atoms with Gasteiger partial charge in [-0.25, -0.2) is 0 Å². The second-order valence-electron chi connectivity index (χ2n) is 6.40. The molecule has 0 saturated carbocycles. The fourth-order valence-corrected chi connectivity index (χ4v) is 4.05. The Labute approximate surface area is 169 Å². The van der Waals surface area contributed by atoms with Gasteiger partial charge in [-0.3, -0.25) is 14.5 Å². The second kappa shape index (κ2) is 9.67. The molecule has 1 saturated heterocycles. The van der Waals surface area contributed by atoms with Gasteiger partial charge in [-0.15, -0.1) is 0 Å². The Bertz CT molecular complexity index is 791. The normalized spacial score (nSPS) is 13.9. The minimum atomic E-state index is 0.0192. The quantitative estimate of drug-likeness (QED) is 0.517. The van der Waals surface area contributed by atoms with Crippen LogP contribution in [0.15, 0.2) is 54.6 Å². The summed E-state index contributed by atoms with van der Waals surface area (Å²) in [6.45, 7) is 0.660. The van der Waals surface area contributed by atoms with Crippen LogP contribution in [0.5, 0.6) is 0 Å². The first-order chi connectivity index (χ1) is 13.1. The molecule has 2 aromatic rings. The number of carbonyl (C=O) groups is 2. The van der Waals surface area contributed by atoms with Crippen molar-refractivity contribution >= 4 is 45.8 Å². The number of rotatable bonds is 8. The van der Waals surface area contributed by atoms with Crippen LogP contribution in [0.3, 0.4) is 0 Å². The van der Waals surface area contributed by atoms with E-state index in [2.05, 4.69) is 17.4 Å². The van der Waals surface area contributed by atoms with Crippen molar-refractivity contribution in [2.45, 2.75) is 25.7 Å². The van der Waals surface area contributed by atoms with Crippen molar-refractivity contribution < 1.29 is 9.59 Å². The van der Waals surface area contributed by atoms with Gasteiger partial charge in [0.1, 0.15) is 4.32 Å². The summed E-state index contributed by atoms with van der Waals surface area (Å²) in [4.78, 5) is 25.4. The average molecular weight is 399 g/mol. The number of benzene rings is 2. The van der Waals surface area contributed by atoms with E-state index in [-0.39, 0.29) is 11.8 Å². The number of carbonyl (C=O) groups excluding carboxylic acids is 2. The Balaban J connectivity index is 1.37. The van der Waals surface area contributed by atoms with Crippen molar-refractivity contribution in [2.24, 2.45) is 0 Å². The smallest absolute Gasteiger partial charge is 0.238 e. The van der Waals surface area contributed by atoms with Crippen LogP contribution in [0.2, 0.25) is 0 Å². The third-order valence-electron chi connectivity index (χ3n) is 4.40. The van der Waals surface area contributed by atoms with Crippen LogP contribution in [-0.4, -0.2) is 33.3 Å². The lowest BCUT2D eigenvalue weighted by atomic mass is 10.1. The molecule has 1 fully saturated rings. The molecular weight excluding hydrogens is 376 g/mol. The van der Waals surface area contributed by atoms with Crippen LogP contribution in [0.1, 0.15) is 25.7 Å². The Morgan fingerprint density at radius 1 is 1.00 bits per heavy atom. The molecule has 2 aromatic carbocycles. The lowest BCUT2D eigenvalue weighted by molar-refractivity contribution is -0.124. The zero-order valence-electron chi connectivity index (χ0n) is 15.0. The Kier molecular flexibility index (Phi) is 7.01. The molecule has 0 aromatic heterocycles. The first kappa shape index (κ1) is 19.6. The molecule has 27 heavy (non-hydrogen) atoms. The van der Waals surface area contributed by atoms with E-state index >= 15 is 0 Å². The predicted molar refractivity (Wildman–Crippen MR) is 116 cm³/mol. The summed E-state index contributed by atoms with van der Waals surface area (Å²) >= 11 is 6.58. The SMILES string of the molecule is O=C(CCCCCN1C(=O)CSC1=S)Nc1ccc(-c2ccccc2)cc1. The van der Waals surface area contributed by atoms with Crippen LogP contribution < -0.4 is 5.32 Å². The molecule has 0 radical (unpaired) electrons. The van der Waals surface area contributed by atoms with Gasteiger partial charge >= 0.3 is 0 Å². The van der Waals surface area contributed by atoms with Gasteiger partial charge in [0.15, 0.2) is 0 Å². The van der Waals surface area contributed by atoms with Crippen molar-refractivity contribution in [2.75, 3.05) is 17.6 Å². The van der Waals surface area contributed by atoms with Gasteiger partial charge < -0.3 is 5.32 Å². The molecule has 1 aliphatic heterocycles. The van der Waals surface area contributed by atoms with E-state index in [0.29, 0.717) is 23.0 Å². The number of thiocarbonyl (C=S) groups is 1. The van der Waals surface area contributed by atoms with Crippen LogP contribution in [0.4, 0.5) is 5.69 Å². The summed E-state index contributed by atoms with van der Waals surface area (Å²) < 4.78 is 0.677. The molecule has 4 nitrogen and oxygen atoms in total. The highest BCUT2D eigenvalue weighted by atomic mass is 32.2. The zero-order valence-corrected chi connectivity index (χ0v) is 16.7. The number of hydrogen-bond donors (Lipinski definition) is 1. The monoisotopic (exact) mass is 398 g/mol. The van der Waals surface area contributed by atoms with Crippen molar-refractivity contribution in [3.63, 3.8) is 0 Å². The summed E-state index contributed by atoms with van der Waals surface area (Å²) in [6.07, 6.45) is 3.05. The third-order valence-corrected chi connectivity index (χ3v) is 5.83. The Morgan fingerprint density at radius 3 is 2.37 bits per heavy atom.